The molecule has 2 heterocycles. The van der Waals surface area contributed by atoms with E-state index in [-0.39, 0.29) is 45.7 Å². The fourth-order valence-corrected chi connectivity index (χ4v) is 11.6. The molecule has 2 aliphatic heterocycles. The maximum Gasteiger partial charge on any atom is 0.315 e. The summed E-state index contributed by atoms with van der Waals surface area (Å²) in [6.07, 6.45) is 12.8. The van der Waals surface area contributed by atoms with E-state index in [2.05, 4.69) is 60.5 Å². The third kappa shape index (κ3) is 7.43. The van der Waals surface area contributed by atoms with Crippen molar-refractivity contribution in [3.05, 3.63) is 0 Å². The second kappa shape index (κ2) is 15.0. The van der Waals surface area contributed by atoms with Crippen LogP contribution in [0.1, 0.15) is 132 Å². The Balaban J connectivity index is 1.22. The van der Waals surface area contributed by atoms with E-state index >= 15 is 4.79 Å². The molecule has 12 nitrogen and oxygen atoms in total. The molecule has 54 heavy (non-hydrogen) atoms. The summed E-state index contributed by atoms with van der Waals surface area (Å²) in [6, 6.07) is -3.13. The zero-order chi connectivity index (χ0) is 39.4. The lowest BCUT2D eigenvalue weighted by atomic mass is 9.73. The number of hydrogen-bond acceptors (Lipinski definition) is 7. The summed E-state index contributed by atoms with van der Waals surface area (Å²) in [6.45, 7) is 19.0. The van der Waals surface area contributed by atoms with Crippen LogP contribution in [0.3, 0.4) is 0 Å². The van der Waals surface area contributed by atoms with Gasteiger partial charge in [0, 0.05) is 49.7 Å². The number of likely N-dealkylation sites (N-methyl/N-ethyl adjacent to an activating group) is 1. The number of hydrogen-bond donors (Lipinski definition) is 4. The Morgan fingerprint density at radius 3 is 2.00 bits per heavy atom. The molecule has 0 aromatic heterocycles. The number of ketones is 1. The zero-order valence-corrected chi connectivity index (χ0v) is 34.7. The Morgan fingerprint density at radius 1 is 0.815 bits per heavy atom. The van der Waals surface area contributed by atoms with E-state index in [9.17, 15) is 19.2 Å². The largest absolute Gasteiger partial charge is 0.363 e. The molecule has 6 aliphatic rings. The SMILES string of the molecule is CN1CCN(C[C@@H](NC(=O)N[C@H](C(=O)N2C[C@]3(C[C@H]2C(=O)NC(CC2CCC2)C(=O)C(N)=O)C(C)(C)C32CCC2)C(C)(C)C)C2CCCCC2)CC1(C)C. The topological polar surface area (TPSA) is 157 Å². The smallest absolute Gasteiger partial charge is 0.315 e. The van der Waals surface area contributed by atoms with Gasteiger partial charge in [-0.15, -0.1) is 0 Å². The average molecular weight is 754 g/mol. The van der Waals surface area contributed by atoms with Gasteiger partial charge in [-0.05, 0) is 87.5 Å². The monoisotopic (exact) mass is 754 g/mol. The summed E-state index contributed by atoms with van der Waals surface area (Å²) in [5, 5.41) is 9.43. The number of piperazine rings is 1. The first kappa shape index (κ1) is 40.9. The minimum absolute atomic E-state index is 0.0375. The van der Waals surface area contributed by atoms with Gasteiger partial charge in [-0.2, -0.15) is 0 Å². The van der Waals surface area contributed by atoms with Crippen LogP contribution in [-0.4, -0.2) is 114 Å². The molecule has 0 bridgehead atoms. The average Bonchev–Trinajstić information content (AvgIpc) is 3.26. The van der Waals surface area contributed by atoms with E-state index in [1.165, 1.54) is 6.42 Å². The van der Waals surface area contributed by atoms with Gasteiger partial charge < -0.3 is 26.6 Å². The molecule has 2 saturated heterocycles. The Bertz CT molecular complexity index is 1460. The van der Waals surface area contributed by atoms with Crippen LogP contribution in [0, 0.1) is 33.5 Å². The predicted octanol–water partition coefficient (Wildman–Crippen LogP) is 4.20. The van der Waals surface area contributed by atoms with Crippen molar-refractivity contribution in [2.75, 3.05) is 39.8 Å². The Labute approximate surface area is 324 Å². The fourth-order valence-electron chi connectivity index (χ4n) is 11.6. The first-order valence-electron chi connectivity index (χ1n) is 21.2. The summed E-state index contributed by atoms with van der Waals surface area (Å²) < 4.78 is 0. The molecule has 1 unspecified atom stereocenters. The number of nitrogens with one attached hydrogen (secondary N) is 3. The van der Waals surface area contributed by atoms with Gasteiger partial charge in [0.25, 0.3) is 5.91 Å². The van der Waals surface area contributed by atoms with Crippen molar-refractivity contribution in [1.82, 2.24) is 30.7 Å². The molecular weight excluding hydrogens is 683 g/mol. The van der Waals surface area contributed by atoms with E-state index in [0.29, 0.717) is 25.3 Å². The lowest BCUT2D eigenvalue weighted by Crippen LogP contribution is -2.63. The summed E-state index contributed by atoms with van der Waals surface area (Å²) >= 11 is 0. The number of carbonyl (C=O) groups is 5. The summed E-state index contributed by atoms with van der Waals surface area (Å²) in [4.78, 5) is 75.2. The number of Topliss-reactive ketones (excluding diaryl/α,β-unsaturated/α-hetero) is 1. The van der Waals surface area contributed by atoms with Crippen LogP contribution in [0.15, 0.2) is 0 Å². The maximum atomic E-state index is 15.0. The number of carbonyl (C=O) groups excluding carboxylic acids is 5. The van der Waals surface area contributed by atoms with Crippen LogP contribution < -0.4 is 21.7 Å². The normalized spacial score (nSPS) is 29.8. The van der Waals surface area contributed by atoms with Crippen LogP contribution in [0.2, 0.25) is 0 Å². The second-order valence-corrected chi connectivity index (χ2v) is 20.5. The minimum Gasteiger partial charge on any atom is -0.363 e. The van der Waals surface area contributed by atoms with Crippen molar-refractivity contribution >= 4 is 29.5 Å². The highest BCUT2D eigenvalue weighted by atomic mass is 16.2. The van der Waals surface area contributed by atoms with Gasteiger partial charge >= 0.3 is 6.03 Å². The molecule has 4 aliphatic carbocycles. The number of rotatable bonds is 12. The molecule has 5 atom stereocenters. The molecule has 304 valence electrons. The Kier molecular flexibility index (Phi) is 11.3. The number of nitrogens with zero attached hydrogens (tertiary/aromatic N) is 3. The van der Waals surface area contributed by atoms with E-state index in [4.69, 9.17) is 5.73 Å². The molecular formula is C42H71N7O5. The van der Waals surface area contributed by atoms with Gasteiger partial charge in [0.15, 0.2) is 0 Å². The number of amides is 5. The predicted molar refractivity (Wildman–Crippen MR) is 209 cm³/mol. The molecule has 6 fully saturated rings. The number of fused-ring (bicyclic) bond motifs is 1. The standard InChI is InChI=1S/C42H71N7O5/c1-38(2,3)33(46-37(54)45-30(28-16-10-9-11-17-28)24-48-21-20-47(8)39(4,5)25-48)36(53)49-26-42(40(6,7)41(42)18-13-19-41)23-31(49)35(52)44-29(32(50)34(43)51)22-27-14-12-15-27/h27-31,33H,9-26H2,1-8H3,(H2,43,51)(H,44,52)(H2,45,46,54)/t29?,30-,31+,33-,42-/m1/s1. The first-order valence-corrected chi connectivity index (χ1v) is 21.2. The minimum atomic E-state index is -1.06. The molecule has 0 radical (unpaired) electrons. The highest BCUT2D eigenvalue weighted by Crippen LogP contribution is 2.88. The molecule has 12 heteroatoms. The molecule has 6 rings (SSSR count). The number of nitrogens with two attached hydrogens (primary N) is 1. The molecule has 5 N–H and O–H groups in total. The van der Waals surface area contributed by atoms with E-state index in [1.54, 1.807) is 4.90 Å². The van der Waals surface area contributed by atoms with Crippen LogP contribution in [0.5, 0.6) is 0 Å². The summed E-state index contributed by atoms with van der Waals surface area (Å²) in [7, 11) is 2.17. The molecule has 4 saturated carbocycles. The summed E-state index contributed by atoms with van der Waals surface area (Å²) in [5.41, 5.74) is 4.60. The van der Waals surface area contributed by atoms with Crippen LogP contribution >= 0.6 is 0 Å². The third-order valence-electron chi connectivity index (χ3n) is 15.8. The van der Waals surface area contributed by atoms with E-state index in [1.807, 2.05) is 20.8 Å². The van der Waals surface area contributed by atoms with Gasteiger partial charge in [-0.3, -0.25) is 29.0 Å². The molecule has 0 aromatic carbocycles. The number of urea groups is 1. The van der Waals surface area contributed by atoms with Crippen LogP contribution in [-0.2, 0) is 19.2 Å². The lowest BCUT2D eigenvalue weighted by Gasteiger charge is -2.47. The number of likely N-dealkylation sites (tertiary alicyclic amines) is 1. The van der Waals surface area contributed by atoms with Gasteiger partial charge in [0.05, 0.1) is 6.04 Å². The van der Waals surface area contributed by atoms with Crippen molar-refractivity contribution < 1.29 is 24.0 Å². The fraction of sp³-hybridized carbons (Fsp3) is 0.881. The highest BCUT2D eigenvalue weighted by molar-refractivity contribution is 6.37. The van der Waals surface area contributed by atoms with Gasteiger partial charge in [0.1, 0.15) is 12.1 Å². The Morgan fingerprint density at radius 2 is 1.48 bits per heavy atom. The quantitative estimate of drug-likeness (QED) is 0.218. The van der Waals surface area contributed by atoms with Crippen molar-refractivity contribution in [3.63, 3.8) is 0 Å². The Hall–Kier alpha value is -2.73. The van der Waals surface area contributed by atoms with Crippen molar-refractivity contribution in [3.8, 4) is 0 Å². The summed E-state index contributed by atoms with van der Waals surface area (Å²) in [5.74, 6) is -1.92. The van der Waals surface area contributed by atoms with Crippen LogP contribution in [0.25, 0.3) is 0 Å². The van der Waals surface area contributed by atoms with Crippen molar-refractivity contribution in [1.29, 1.82) is 0 Å². The molecule has 0 aromatic rings. The third-order valence-corrected chi connectivity index (χ3v) is 15.8. The van der Waals surface area contributed by atoms with E-state index < -0.39 is 41.1 Å². The van der Waals surface area contributed by atoms with Gasteiger partial charge in [0.2, 0.25) is 17.6 Å². The van der Waals surface area contributed by atoms with E-state index in [0.717, 1.165) is 90.4 Å². The van der Waals surface area contributed by atoms with Crippen molar-refractivity contribution in [2.24, 2.45) is 39.2 Å². The molecule has 5 amide bonds. The zero-order valence-electron chi connectivity index (χ0n) is 34.7. The lowest BCUT2D eigenvalue weighted by molar-refractivity contribution is -0.143. The van der Waals surface area contributed by atoms with Gasteiger partial charge in [-0.25, -0.2) is 4.79 Å². The van der Waals surface area contributed by atoms with Gasteiger partial charge in [-0.1, -0.05) is 79.6 Å². The van der Waals surface area contributed by atoms with Crippen LogP contribution in [0.4, 0.5) is 4.79 Å². The van der Waals surface area contributed by atoms with Crippen molar-refractivity contribution in [2.45, 2.75) is 162 Å². The first-order chi connectivity index (χ1) is 25.2. The molecule has 2 spiro atoms. The highest BCUT2D eigenvalue weighted by Gasteiger charge is 2.85. The maximum absolute atomic E-state index is 15.0. The second-order valence-electron chi connectivity index (χ2n) is 20.5. The number of primary amides is 1.